The molecule has 1 unspecified atom stereocenters. The molecule has 30 heavy (non-hydrogen) atoms. The van der Waals surface area contributed by atoms with Crippen LogP contribution in [0.2, 0.25) is 0 Å². The Bertz CT molecular complexity index is 919. The van der Waals surface area contributed by atoms with Crippen molar-refractivity contribution in [3.63, 3.8) is 0 Å². The maximum Gasteiger partial charge on any atom is 0.341 e. The summed E-state index contributed by atoms with van der Waals surface area (Å²) >= 11 is 1.36. The molecule has 7 heteroatoms. The van der Waals surface area contributed by atoms with E-state index in [2.05, 4.69) is 17.6 Å². The summed E-state index contributed by atoms with van der Waals surface area (Å²) in [6.07, 6.45) is 3.48. The van der Waals surface area contributed by atoms with Crippen LogP contribution in [0.5, 0.6) is 0 Å². The van der Waals surface area contributed by atoms with Gasteiger partial charge in [0.05, 0.1) is 11.6 Å². The van der Waals surface area contributed by atoms with Gasteiger partial charge < -0.3 is 15.4 Å². The lowest BCUT2D eigenvalue weighted by molar-refractivity contribution is -0.125. The molecule has 0 radical (unpaired) electrons. The molecular weight excluding hydrogens is 400 g/mol. The van der Waals surface area contributed by atoms with Crippen LogP contribution in [0.4, 0.5) is 5.00 Å². The molecule has 1 heterocycles. The predicted molar refractivity (Wildman–Crippen MR) is 118 cm³/mol. The molecule has 0 aliphatic heterocycles. The van der Waals surface area contributed by atoms with Gasteiger partial charge in [-0.3, -0.25) is 9.59 Å². The maximum absolute atomic E-state index is 12.7. The SMILES string of the molecule is CCCC(NC(=O)COC(=O)c1c(NC(=O)C2CC2)sc(C)c1C)c1ccccc1. The molecule has 2 N–H and O–H groups in total. The summed E-state index contributed by atoms with van der Waals surface area (Å²) < 4.78 is 5.30. The smallest absolute Gasteiger partial charge is 0.341 e. The first-order valence-electron chi connectivity index (χ1n) is 10.3. The molecule has 160 valence electrons. The highest BCUT2D eigenvalue weighted by atomic mass is 32.1. The first-order valence-corrected chi connectivity index (χ1v) is 11.1. The number of nitrogens with one attached hydrogen (secondary N) is 2. The standard InChI is InChI=1S/C23H28N2O4S/c1-4-8-18(16-9-6-5-7-10-16)24-19(26)13-29-23(28)20-14(2)15(3)30-22(20)25-21(27)17-11-12-17/h5-7,9-10,17-18H,4,8,11-13H2,1-3H3,(H,24,26)(H,25,27). The third-order valence-electron chi connectivity index (χ3n) is 5.22. The van der Waals surface area contributed by atoms with E-state index < -0.39 is 5.97 Å². The van der Waals surface area contributed by atoms with Crippen molar-refractivity contribution in [2.75, 3.05) is 11.9 Å². The largest absolute Gasteiger partial charge is 0.452 e. The molecule has 0 spiro atoms. The molecule has 3 rings (SSSR count). The summed E-state index contributed by atoms with van der Waals surface area (Å²) in [5.74, 6) is -0.965. The zero-order chi connectivity index (χ0) is 21.7. The lowest BCUT2D eigenvalue weighted by Gasteiger charge is -2.18. The minimum Gasteiger partial charge on any atom is -0.452 e. The molecule has 1 aromatic carbocycles. The second kappa shape index (κ2) is 9.89. The van der Waals surface area contributed by atoms with Crippen molar-refractivity contribution in [3.8, 4) is 0 Å². The first kappa shape index (κ1) is 22.0. The van der Waals surface area contributed by atoms with Crippen molar-refractivity contribution in [1.29, 1.82) is 0 Å². The molecule has 1 saturated carbocycles. The van der Waals surface area contributed by atoms with Crippen LogP contribution in [0.15, 0.2) is 30.3 Å². The average molecular weight is 429 g/mol. The van der Waals surface area contributed by atoms with E-state index in [1.165, 1.54) is 11.3 Å². The molecule has 2 amide bonds. The van der Waals surface area contributed by atoms with Crippen LogP contribution in [0, 0.1) is 19.8 Å². The number of amides is 2. The third-order valence-corrected chi connectivity index (χ3v) is 6.35. The lowest BCUT2D eigenvalue weighted by atomic mass is 10.0. The van der Waals surface area contributed by atoms with E-state index in [1.807, 2.05) is 44.2 Å². The fourth-order valence-corrected chi connectivity index (χ4v) is 4.31. The van der Waals surface area contributed by atoms with Gasteiger partial charge in [-0.2, -0.15) is 0 Å². The zero-order valence-corrected chi connectivity index (χ0v) is 18.4. The Morgan fingerprint density at radius 1 is 1.17 bits per heavy atom. The number of hydrogen-bond donors (Lipinski definition) is 2. The molecule has 1 fully saturated rings. The van der Waals surface area contributed by atoms with Gasteiger partial charge in [-0.15, -0.1) is 11.3 Å². The first-order chi connectivity index (χ1) is 14.4. The van der Waals surface area contributed by atoms with Crippen molar-refractivity contribution in [2.45, 2.75) is 52.5 Å². The van der Waals surface area contributed by atoms with Crippen molar-refractivity contribution < 1.29 is 19.1 Å². The van der Waals surface area contributed by atoms with E-state index in [1.54, 1.807) is 0 Å². The van der Waals surface area contributed by atoms with Gasteiger partial charge in [0.15, 0.2) is 6.61 Å². The number of aryl methyl sites for hydroxylation is 1. The van der Waals surface area contributed by atoms with Gasteiger partial charge in [-0.1, -0.05) is 43.7 Å². The van der Waals surface area contributed by atoms with Gasteiger partial charge >= 0.3 is 5.97 Å². The second-order valence-electron chi connectivity index (χ2n) is 7.65. The van der Waals surface area contributed by atoms with Gasteiger partial charge in [0, 0.05) is 10.8 Å². The van der Waals surface area contributed by atoms with Crippen molar-refractivity contribution in [1.82, 2.24) is 5.32 Å². The predicted octanol–water partition coefficient (Wildman–Crippen LogP) is 4.53. The molecule has 1 aliphatic carbocycles. The van der Waals surface area contributed by atoms with E-state index in [-0.39, 0.29) is 30.4 Å². The topological polar surface area (TPSA) is 84.5 Å². The number of hydrogen-bond acceptors (Lipinski definition) is 5. The van der Waals surface area contributed by atoms with Gasteiger partial charge in [0.1, 0.15) is 5.00 Å². The number of carbonyl (C=O) groups excluding carboxylic acids is 3. The monoisotopic (exact) mass is 428 g/mol. The van der Waals surface area contributed by atoms with Crippen LogP contribution in [0.1, 0.15) is 65.0 Å². The highest BCUT2D eigenvalue weighted by Crippen LogP contribution is 2.36. The molecule has 0 saturated heterocycles. The summed E-state index contributed by atoms with van der Waals surface area (Å²) in [5, 5.41) is 6.30. The summed E-state index contributed by atoms with van der Waals surface area (Å²) in [5.41, 5.74) is 2.13. The fraction of sp³-hybridized carbons (Fsp3) is 0.435. The number of benzene rings is 1. The quantitative estimate of drug-likeness (QED) is 0.575. The Hall–Kier alpha value is -2.67. The minimum absolute atomic E-state index is 0.0378. The van der Waals surface area contributed by atoms with Crippen molar-refractivity contribution >= 4 is 34.1 Å². The fourth-order valence-electron chi connectivity index (χ4n) is 3.26. The van der Waals surface area contributed by atoms with Crippen LogP contribution in [0.25, 0.3) is 0 Å². The second-order valence-corrected chi connectivity index (χ2v) is 8.87. The number of ether oxygens (including phenoxy) is 1. The summed E-state index contributed by atoms with van der Waals surface area (Å²) in [4.78, 5) is 38.2. The van der Waals surface area contributed by atoms with E-state index in [0.29, 0.717) is 10.6 Å². The normalized spacial score (nSPS) is 14.1. The molecule has 1 atom stereocenters. The van der Waals surface area contributed by atoms with Gasteiger partial charge in [0.25, 0.3) is 5.91 Å². The van der Waals surface area contributed by atoms with Crippen molar-refractivity contribution in [2.24, 2.45) is 5.92 Å². The molecule has 0 bridgehead atoms. The van der Waals surface area contributed by atoms with Gasteiger partial charge in [0.2, 0.25) is 5.91 Å². The summed E-state index contributed by atoms with van der Waals surface area (Å²) in [7, 11) is 0. The number of rotatable bonds is 9. The Labute approximate surface area is 181 Å². The molecule has 6 nitrogen and oxygen atoms in total. The summed E-state index contributed by atoms with van der Waals surface area (Å²) in [6, 6.07) is 9.62. The third kappa shape index (κ3) is 5.48. The molecule has 1 aliphatic rings. The number of anilines is 1. The minimum atomic E-state index is -0.593. The Balaban J connectivity index is 1.62. The van der Waals surface area contributed by atoms with Gasteiger partial charge in [-0.25, -0.2) is 4.79 Å². The summed E-state index contributed by atoms with van der Waals surface area (Å²) in [6.45, 7) is 5.41. The van der Waals surface area contributed by atoms with Crippen LogP contribution in [-0.2, 0) is 14.3 Å². The highest BCUT2D eigenvalue weighted by Gasteiger charge is 2.32. The number of carbonyl (C=O) groups is 3. The van der Waals surface area contributed by atoms with Gasteiger partial charge in [-0.05, 0) is 44.2 Å². The van der Waals surface area contributed by atoms with E-state index in [4.69, 9.17) is 4.74 Å². The Morgan fingerprint density at radius 3 is 2.50 bits per heavy atom. The van der Waals surface area contributed by atoms with Crippen LogP contribution < -0.4 is 10.6 Å². The number of thiophene rings is 1. The number of esters is 1. The van der Waals surface area contributed by atoms with E-state index >= 15 is 0 Å². The average Bonchev–Trinajstić information content (AvgIpc) is 3.54. The van der Waals surface area contributed by atoms with Crippen LogP contribution >= 0.6 is 11.3 Å². The maximum atomic E-state index is 12.7. The lowest BCUT2D eigenvalue weighted by Crippen LogP contribution is -2.32. The van der Waals surface area contributed by atoms with Crippen LogP contribution in [0.3, 0.4) is 0 Å². The Morgan fingerprint density at radius 2 is 1.87 bits per heavy atom. The zero-order valence-electron chi connectivity index (χ0n) is 17.6. The molecule has 2 aromatic rings. The highest BCUT2D eigenvalue weighted by molar-refractivity contribution is 7.16. The van der Waals surface area contributed by atoms with E-state index in [0.717, 1.165) is 41.7 Å². The molecular formula is C23H28N2O4S. The Kier molecular flexibility index (Phi) is 7.26. The van der Waals surface area contributed by atoms with E-state index in [9.17, 15) is 14.4 Å². The van der Waals surface area contributed by atoms with Crippen molar-refractivity contribution in [3.05, 3.63) is 51.9 Å². The molecule has 1 aromatic heterocycles. The van der Waals surface area contributed by atoms with Crippen LogP contribution in [-0.4, -0.2) is 24.4 Å².